The van der Waals surface area contributed by atoms with Crippen LogP contribution in [-0.4, -0.2) is 6.03 Å². The summed E-state index contributed by atoms with van der Waals surface area (Å²) in [6, 6.07) is 13.5. The number of halogens is 1. The van der Waals surface area contributed by atoms with Crippen molar-refractivity contribution in [1.82, 2.24) is 5.32 Å². The predicted octanol–water partition coefficient (Wildman–Crippen LogP) is 4.77. The lowest BCUT2D eigenvalue weighted by Crippen LogP contribution is -2.38. The molecular formula is C18H19ClN2O. The molecule has 114 valence electrons. The summed E-state index contributed by atoms with van der Waals surface area (Å²) in [7, 11) is 0. The number of benzene rings is 2. The van der Waals surface area contributed by atoms with E-state index in [1.54, 1.807) is 0 Å². The lowest BCUT2D eigenvalue weighted by molar-refractivity contribution is 0.247. The largest absolute Gasteiger partial charge is 0.328 e. The number of nitrogens with one attached hydrogen (secondary N) is 2. The highest BCUT2D eigenvalue weighted by Gasteiger charge is 2.45. The zero-order valence-corrected chi connectivity index (χ0v) is 13.5. The maximum atomic E-state index is 12.4. The molecule has 0 spiro atoms. The molecule has 22 heavy (non-hydrogen) atoms. The second kappa shape index (κ2) is 5.65. The second-order valence-corrected chi connectivity index (χ2v) is 6.37. The smallest absolute Gasteiger partial charge is 0.319 e. The molecule has 3 nitrogen and oxygen atoms in total. The molecule has 3 rings (SSSR count). The fourth-order valence-electron chi connectivity index (χ4n) is 2.75. The predicted molar refractivity (Wildman–Crippen MR) is 90.4 cm³/mol. The van der Waals surface area contributed by atoms with Crippen molar-refractivity contribution in [3.63, 3.8) is 0 Å². The zero-order valence-electron chi connectivity index (χ0n) is 12.7. The van der Waals surface area contributed by atoms with E-state index in [0.717, 1.165) is 35.2 Å². The minimum absolute atomic E-state index is 0.162. The molecule has 1 saturated carbocycles. The van der Waals surface area contributed by atoms with E-state index in [9.17, 15) is 4.79 Å². The first kappa shape index (κ1) is 14.9. The number of urea groups is 1. The summed E-state index contributed by atoms with van der Waals surface area (Å²) in [5.74, 6) is 0. The van der Waals surface area contributed by atoms with Crippen molar-refractivity contribution in [2.24, 2.45) is 0 Å². The average molecular weight is 315 g/mol. The number of anilines is 1. The summed E-state index contributed by atoms with van der Waals surface area (Å²) in [6.45, 7) is 3.99. The van der Waals surface area contributed by atoms with Crippen LogP contribution in [0.25, 0.3) is 0 Å². The Morgan fingerprint density at radius 3 is 2.18 bits per heavy atom. The minimum atomic E-state index is -0.245. The molecule has 0 aromatic heterocycles. The summed E-state index contributed by atoms with van der Waals surface area (Å²) < 4.78 is 0. The Morgan fingerprint density at radius 2 is 1.64 bits per heavy atom. The van der Waals surface area contributed by atoms with Crippen molar-refractivity contribution in [1.29, 1.82) is 0 Å². The van der Waals surface area contributed by atoms with Crippen molar-refractivity contribution in [3.05, 3.63) is 64.2 Å². The number of aryl methyl sites for hydroxylation is 2. The maximum Gasteiger partial charge on any atom is 0.319 e. The molecule has 0 heterocycles. The third kappa shape index (κ3) is 2.95. The van der Waals surface area contributed by atoms with Crippen molar-refractivity contribution in [3.8, 4) is 0 Å². The van der Waals surface area contributed by atoms with Gasteiger partial charge in [0.1, 0.15) is 0 Å². The monoisotopic (exact) mass is 314 g/mol. The molecule has 2 amide bonds. The van der Waals surface area contributed by atoms with Gasteiger partial charge in [0.2, 0.25) is 0 Å². The van der Waals surface area contributed by atoms with Crippen molar-refractivity contribution in [2.45, 2.75) is 32.2 Å². The summed E-state index contributed by atoms with van der Waals surface area (Å²) in [6.07, 6.45) is 1.91. The third-order valence-corrected chi connectivity index (χ3v) is 4.47. The number of rotatable bonds is 3. The minimum Gasteiger partial charge on any atom is -0.328 e. The van der Waals surface area contributed by atoms with E-state index in [-0.39, 0.29) is 11.6 Å². The molecule has 2 aromatic rings. The van der Waals surface area contributed by atoms with Gasteiger partial charge in [0.15, 0.2) is 0 Å². The van der Waals surface area contributed by atoms with E-state index in [1.165, 1.54) is 0 Å². The number of amides is 2. The number of hydrogen-bond acceptors (Lipinski definition) is 1. The summed E-state index contributed by atoms with van der Waals surface area (Å²) in [4.78, 5) is 12.4. The molecule has 4 heteroatoms. The molecule has 0 aliphatic heterocycles. The summed E-state index contributed by atoms with van der Waals surface area (Å²) in [5, 5.41) is 6.80. The quantitative estimate of drug-likeness (QED) is 0.842. The van der Waals surface area contributed by atoms with Crippen LogP contribution in [0.15, 0.2) is 42.5 Å². The van der Waals surface area contributed by atoms with Crippen LogP contribution >= 0.6 is 11.6 Å². The molecule has 0 bridgehead atoms. The van der Waals surface area contributed by atoms with Gasteiger partial charge in [-0.25, -0.2) is 4.79 Å². The van der Waals surface area contributed by atoms with Crippen molar-refractivity contribution < 1.29 is 4.79 Å². The topological polar surface area (TPSA) is 41.1 Å². The molecular weight excluding hydrogens is 296 g/mol. The standard InChI is InChI=1S/C18H19ClN2O/c1-12-4-3-5-13(2)16(12)20-17(22)21-18(10-11-18)14-6-8-15(19)9-7-14/h3-9H,10-11H2,1-2H3,(H2,20,21,22). The van der Waals surface area contributed by atoms with Crippen LogP contribution in [0, 0.1) is 13.8 Å². The van der Waals surface area contributed by atoms with Gasteiger partial charge in [-0.1, -0.05) is 41.9 Å². The van der Waals surface area contributed by atoms with Gasteiger partial charge in [0.05, 0.1) is 5.54 Å². The van der Waals surface area contributed by atoms with Gasteiger partial charge in [-0.05, 0) is 55.5 Å². The second-order valence-electron chi connectivity index (χ2n) is 5.93. The molecule has 0 atom stereocenters. The SMILES string of the molecule is Cc1cccc(C)c1NC(=O)NC1(c2ccc(Cl)cc2)CC1. The Bertz CT molecular complexity index is 685. The lowest BCUT2D eigenvalue weighted by Gasteiger charge is -2.20. The van der Waals surface area contributed by atoms with Gasteiger partial charge in [-0.3, -0.25) is 0 Å². The van der Waals surface area contributed by atoms with Gasteiger partial charge in [0.25, 0.3) is 0 Å². The Hall–Kier alpha value is -2.00. The molecule has 2 N–H and O–H groups in total. The summed E-state index contributed by atoms with van der Waals surface area (Å²) in [5.41, 5.74) is 3.86. The highest BCUT2D eigenvalue weighted by molar-refractivity contribution is 6.30. The number of hydrogen-bond donors (Lipinski definition) is 2. The highest BCUT2D eigenvalue weighted by Crippen LogP contribution is 2.45. The van der Waals surface area contributed by atoms with E-state index in [1.807, 2.05) is 56.3 Å². The van der Waals surface area contributed by atoms with Gasteiger partial charge < -0.3 is 10.6 Å². The van der Waals surface area contributed by atoms with Crippen LogP contribution < -0.4 is 10.6 Å². The van der Waals surface area contributed by atoms with Crippen LogP contribution in [0.1, 0.15) is 29.5 Å². The highest BCUT2D eigenvalue weighted by atomic mass is 35.5. The van der Waals surface area contributed by atoms with E-state index in [0.29, 0.717) is 5.02 Å². The van der Waals surface area contributed by atoms with Crippen LogP contribution in [0.4, 0.5) is 10.5 Å². The molecule has 0 saturated heterocycles. The van der Waals surface area contributed by atoms with Gasteiger partial charge in [0, 0.05) is 10.7 Å². The Kier molecular flexibility index (Phi) is 3.83. The summed E-state index contributed by atoms with van der Waals surface area (Å²) >= 11 is 5.93. The molecule has 1 fully saturated rings. The molecule has 1 aliphatic carbocycles. The molecule has 2 aromatic carbocycles. The first-order chi connectivity index (χ1) is 10.5. The first-order valence-corrected chi connectivity index (χ1v) is 7.79. The van der Waals surface area contributed by atoms with Crippen LogP contribution in [0.2, 0.25) is 5.02 Å². The van der Waals surface area contributed by atoms with E-state index < -0.39 is 0 Å². The van der Waals surface area contributed by atoms with Crippen LogP contribution in [0.5, 0.6) is 0 Å². The lowest BCUT2D eigenvalue weighted by atomic mass is 10.1. The zero-order chi connectivity index (χ0) is 15.7. The van der Waals surface area contributed by atoms with Gasteiger partial charge in [-0.2, -0.15) is 0 Å². The maximum absolute atomic E-state index is 12.4. The van der Waals surface area contributed by atoms with E-state index in [2.05, 4.69) is 10.6 Å². The van der Waals surface area contributed by atoms with Crippen molar-refractivity contribution in [2.75, 3.05) is 5.32 Å². The molecule has 0 radical (unpaired) electrons. The normalized spacial score (nSPS) is 15.2. The fourth-order valence-corrected chi connectivity index (χ4v) is 2.88. The third-order valence-electron chi connectivity index (χ3n) is 4.22. The number of carbonyl (C=O) groups excluding carboxylic acids is 1. The van der Waals surface area contributed by atoms with Gasteiger partial charge in [-0.15, -0.1) is 0 Å². The Morgan fingerprint density at radius 1 is 1.05 bits per heavy atom. The number of carbonyl (C=O) groups is 1. The Balaban J connectivity index is 1.73. The Labute approximate surface area is 135 Å². The number of para-hydroxylation sites is 1. The fraction of sp³-hybridized carbons (Fsp3) is 0.278. The van der Waals surface area contributed by atoms with Crippen LogP contribution in [0.3, 0.4) is 0 Å². The first-order valence-electron chi connectivity index (χ1n) is 7.42. The van der Waals surface area contributed by atoms with E-state index >= 15 is 0 Å². The molecule has 1 aliphatic rings. The van der Waals surface area contributed by atoms with Crippen LogP contribution in [-0.2, 0) is 5.54 Å². The average Bonchev–Trinajstić information content (AvgIpc) is 3.24. The molecule has 0 unspecified atom stereocenters. The van der Waals surface area contributed by atoms with E-state index in [4.69, 9.17) is 11.6 Å². The van der Waals surface area contributed by atoms with Crippen molar-refractivity contribution >= 4 is 23.3 Å². The van der Waals surface area contributed by atoms with Gasteiger partial charge >= 0.3 is 6.03 Å².